The van der Waals surface area contributed by atoms with Crippen molar-refractivity contribution < 1.29 is 9.59 Å². The molecule has 0 radical (unpaired) electrons. The van der Waals surface area contributed by atoms with Crippen molar-refractivity contribution in [3.05, 3.63) is 94.5 Å². The zero-order valence-corrected chi connectivity index (χ0v) is 19.3. The fourth-order valence-electron chi connectivity index (χ4n) is 3.71. The normalized spacial score (nSPS) is 14.6. The van der Waals surface area contributed by atoms with Gasteiger partial charge in [0.05, 0.1) is 10.7 Å². The quantitative estimate of drug-likeness (QED) is 0.562. The van der Waals surface area contributed by atoms with E-state index in [1.54, 1.807) is 42.5 Å². The van der Waals surface area contributed by atoms with Crippen LogP contribution in [0.15, 0.2) is 72.8 Å². The molecule has 2 N–H and O–H groups in total. The van der Waals surface area contributed by atoms with E-state index in [0.717, 1.165) is 32.7 Å². The van der Waals surface area contributed by atoms with Crippen molar-refractivity contribution in [1.82, 2.24) is 9.80 Å². The Morgan fingerprint density at radius 2 is 1.45 bits per heavy atom. The van der Waals surface area contributed by atoms with E-state index in [1.165, 1.54) is 5.56 Å². The number of carbonyl (C=O) groups is 2. The molecular weight excluding hydrogens is 436 g/mol. The number of anilines is 2. The predicted octanol–water partition coefficient (Wildman–Crippen LogP) is 4.59. The lowest BCUT2D eigenvalue weighted by atomic mass is 10.1. The maximum Gasteiger partial charge on any atom is 0.255 e. The fraction of sp³-hybridized carbons (Fsp3) is 0.231. The van der Waals surface area contributed by atoms with E-state index in [2.05, 4.69) is 27.5 Å². The Hall–Kier alpha value is -3.19. The highest BCUT2D eigenvalue weighted by molar-refractivity contribution is 6.34. The first-order chi connectivity index (χ1) is 16.0. The number of benzene rings is 3. The lowest BCUT2D eigenvalue weighted by Crippen LogP contribution is -2.43. The molecule has 6 nitrogen and oxygen atoms in total. The Morgan fingerprint density at radius 1 is 0.818 bits per heavy atom. The average Bonchev–Trinajstić information content (AvgIpc) is 2.83. The summed E-state index contributed by atoms with van der Waals surface area (Å²) in [6.07, 6.45) is 0. The Morgan fingerprint density at radius 3 is 2.15 bits per heavy atom. The number of rotatable bonds is 6. The van der Waals surface area contributed by atoms with Crippen LogP contribution in [0, 0.1) is 0 Å². The van der Waals surface area contributed by atoms with E-state index in [4.69, 9.17) is 11.6 Å². The van der Waals surface area contributed by atoms with Crippen molar-refractivity contribution in [3.63, 3.8) is 0 Å². The van der Waals surface area contributed by atoms with Crippen molar-refractivity contribution in [2.24, 2.45) is 0 Å². The molecule has 0 atom stereocenters. The van der Waals surface area contributed by atoms with Gasteiger partial charge in [0.25, 0.3) is 11.8 Å². The third-order valence-electron chi connectivity index (χ3n) is 5.73. The molecule has 1 heterocycles. The number of nitrogens with zero attached hydrogens (tertiary/aromatic N) is 2. The van der Waals surface area contributed by atoms with Crippen LogP contribution in [0.25, 0.3) is 0 Å². The van der Waals surface area contributed by atoms with Gasteiger partial charge in [-0.1, -0.05) is 41.9 Å². The largest absolute Gasteiger partial charge is 0.322 e. The molecule has 3 aromatic carbocycles. The topological polar surface area (TPSA) is 64.7 Å². The van der Waals surface area contributed by atoms with Gasteiger partial charge in [-0.3, -0.25) is 14.5 Å². The number of piperazine rings is 1. The number of likely N-dealkylation sites (N-methyl/N-ethyl adjacent to an activating group) is 1. The van der Waals surface area contributed by atoms with E-state index < -0.39 is 0 Å². The molecule has 1 aliphatic heterocycles. The number of hydrogen-bond donors (Lipinski definition) is 2. The molecular formula is C26H27ClN4O2. The first-order valence-electron chi connectivity index (χ1n) is 10.9. The highest BCUT2D eigenvalue weighted by Gasteiger charge is 2.15. The highest BCUT2D eigenvalue weighted by atomic mass is 35.5. The summed E-state index contributed by atoms with van der Waals surface area (Å²) < 4.78 is 0. The van der Waals surface area contributed by atoms with Crippen LogP contribution in [0.5, 0.6) is 0 Å². The third-order valence-corrected chi connectivity index (χ3v) is 6.06. The lowest BCUT2D eigenvalue weighted by molar-refractivity contribution is 0.101. The monoisotopic (exact) mass is 462 g/mol. The second-order valence-electron chi connectivity index (χ2n) is 8.25. The maximum atomic E-state index is 12.7. The second-order valence-corrected chi connectivity index (χ2v) is 8.65. The van der Waals surface area contributed by atoms with Crippen LogP contribution in [-0.2, 0) is 6.54 Å². The fourth-order valence-corrected chi connectivity index (χ4v) is 3.88. The van der Waals surface area contributed by atoms with E-state index in [-0.39, 0.29) is 11.8 Å². The zero-order chi connectivity index (χ0) is 23.2. The van der Waals surface area contributed by atoms with Crippen molar-refractivity contribution in [1.29, 1.82) is 0 Å². The van der Waals surface area contributed by atoms with E-state index in [1.807, 2.05) is 30.3 Å². The molecule has 0 unspecified atom stereocenters. The average molecular weight is 463 g/mol. The molecule has 1 aliphatic rings. The smallest absolute Gasteiger partial charge is 0.255 e. The van der Waals surface area contributed by atoms with Crippen molar-refractivity contribution >= 4 is 34.8 Å². The Labute approximate surface area is 199 Å². The Bertz CT molecular complexity index is 1110. The summed E-state index contributed by atoms with van der Waals surface area (Å²) in [7, 11) is 2.14. The number of nitrogens with one attached hydrogen (secondary N) is 2. The summed E-state index contributed by atoms with van der Waals surface area (Å²) in [5.41, 5.74) is 3.27. The first kappa shape index (κ1) is 23.0. The van der Waals surface area contributed by atoms with Crippen molar-refractivity contribution in [3.8, 4) is 0 Å². The molecule has 0 saturated carbocycles. The summed E-state index contributed by atoms with van der Waals surface area (Å²) in [5.74, 6) is -0.485. The predicted molar refractivity (Wildman–Crippen MR) is 133 cm³/mol. The number of halogens is 1. The summed E-state index contributed by atoms with van der Waals surface area (Å²) in [6, 6.07) is 21.6. The minimum absolute atomic E-state index is 0.219. The van der Waals surface area contributed by atoms with Crippen molar-refractivity contribution in [2.45, 2.75) is 6.54 Å². The molecule has 170 valence electrons. The molecule has 7 heteroatoms. The molecule has 3 aromatic rings. The van der Waals surface area contributed by atoms with Crippen LogP contribution in [0.3, 0.4) is 0 Å². The SMILES string of the molecule is CN1CCN(Cc2ccc(C(=O)Nc3ccc(Cl)c(NC(=O)c4ccccc4)c3)cc2)CC1. The Balaban J connectivity index is 1.38. The molecule has 0 spiro atoms. The van der Waals surface area contributed by atoms with Crippen LogP contribution in [0.2, 0.25) is 5.02 Å². The van der Waals surface area contributed by atoms with Gasteiger partial charge in [0, 0.05) is 49.5 Å². The van der Waals surface area contributed by atoms with Crippen LogP contribution >= 0.6 is 11.6 Å². The van der Waals surface area contributed by atoms with Gasteiger partial charge in [-0.25, -0.2) is 0 Å². The highest BCUT2D eigenvalue weighted by Crippen LogP contribution is 2.26. The van der Waals surface area contributed by atoms with Gasteiger partial charge in [0.15, 0.2) is 0 Å². The van der Waals surface area contributed by atoms with E-state index in [9.17, 15) is 9.59 Å². The van der Waals surface area contributed by atoms with Gasteiger partial charge in [0.2, 0.25) is 0 Å². The summed E-state index contributed by atoms with van der Waals surface area (Å²) in [6.45, 7) is 5.15. The van der Waals surface area contributed by atoms with E-state index in [0.29, 0.717) is 27.5 Å². The number of carbonyl (C=O) groups excluding carboxylic acids is 2. The number of hydrogen-bond acceptors (Lipinski definition) is 4. The summed E-state index contributed by atoms with van der Waals surface area (Å²) in [4.78, 5) is 30.0. The lowest BCUT2D eigenvalue weighted by Gasteiger charge is -2.32. The minimum atomic E-state index is -0.267. The maximum absolute atomic E-state index is 12.7. The second kappa shape index (κ2) is 10.6. The zero-order valence-electron chi connectivity index (χ0n) is 18.6. The molecule has 0 bridgehead atoms. The molecule has 2 amide bonds. The van der Waals surface area contributed by atoms with Gasteiger partial charge in [-0.15, -0.1) is 0 Å². The molecule has 1 fully saturated rings. The first-order valence-corrected chi connectivity index (χ1v) is 11.3. The van der Waals surface area contributed by atoms with Gasteiger partial charge < -0.3 is 15.5 Å². The number of amides is 2. The molecule has 33 heavy (non-hydrogen) atoms. The third kappa shape index (κ3) is 6.20. The van der Waals surface area contributed by atoms with Crippen LogP contribution < -0.4 is 10.6 Å². The molecule has 1 saturated heterocycles. The Kier molecular flexibility index (Phi) is 7.40. The van der Waals surface area contributed by atoms with Crippen LogP contribution in [-0.4, -0.2) is 54.8 Å². The van der Waals surface area contributed by atoms with Gasteiger partial charge in [-0.2, -0.15) is 0 Å². The molecule has 0 aliphatic carbocycles. The molecule has 0 aromatic heterocycles. The minimum Gasteiger partial charge on any atom is -0.322 e. The summed E-state index contributed by atoms with van der Waals surface area (Å²) in [5, 5.41) is 6.07. The van der Waals surface area contributed by atoms with Crippen LogP contribution in [0.1, 0.15) is 26.3 Å². The molecule has 4 rings (SSSR count). The van der Waals surface area contributed by atoms with Gasteiger partial charge >= 0.3 is 0 Å². The van der Waals surface area contributed by atoms with Gasteiger partial charge in [-0.05, 0) is 55.1 Å². The van der Waals surface area contributed by atoms with Crippen molar-refractivity contribution in [2.75, 3.05) is 43.9 Å². The van der Waals surface area contributed by atoms with E-state index >= 15 is 0 Å². The van der Waals surface area contributed by atoms with Gasteiger partial charge in [0.1, 0.15) is 0 Å². The van der Waals surface area contributed by atoms with Crippen LogP contribution in [0.4, 0.5) is 11.4 Å². The summed E-state index contributed by atoms with van der Waals surface area (Å²) >= 11 is 6.25. The standard InChI is InChI=1S/C26H27ClN4O2/c1-30-13-15-31(16-14-30)18-19-7-9-21(10-8-19)25(32)28-22-11-12-23(27)24(17-22)29-26(33)20-5-3-2-4-6-20/h2-12,17H,13-16,18H2,1H3,(H,28,32)(H,29,33).